The number of amides is 1. The van der Waals surface area contributed by atoms with Crippen LogP contribution in [-0.4, -0.2) is 18.1 Å². The van der Waals surface area contributed by atoms with Gasteiger partial charge in [-0.3, -0.25) is 4.79 Å². The van der Waals surface area contributed by atoms with Crippen molar-refractivity contribution in [1.29, 1.82) is 0 Å². The Hall–Kier alpha value is -3.33. The summed E-state index contributed by atoms with van der Waals surface area (Å²) in [7, 11) is 0. The van der Waals surface area contributed by atoms with Crippen LogP contribution in [0, 0.1) is 6.92 Å². The molecule has 1 unspecified atom stereocenters. The van der Waals surface area contributed by atoms with Gasteiger partial charge in [0.25, 0.3) is 0 Å². The van der Waals surface area contributed by atoms with Crippen molar-refractivity contribution in [2.24, 2.45) is 0 Å². The molecule has 1 saturated heterocycles. The number of nitrogens with one attached hydrogen (secondary N) is 1. The van der Waals surface area contributed by atoms with Crippen LogP contribution in [-0.2, 0) is 16.6 Å². The number of hydrogen-bond acceptors (Lipinski definition) is 2. The Morgan fingerprint density at radius 1 is 0.969 bits per heavy atom. The Morgan fingerprint density at radius 2 is 1.78 bits per heavy atom. The van der Waals surface area contributed by atoms with Crippen LogP contribution in [0.1, 0.15) is 48.1 Å². The first-order chi connectivity index (χ1) is 15.4. The largest absolute Gasteiger partial charge is 0.344 e. The fraction of sp³-hybridized carbons (Fsp3) is 0.276. The lowest BCUT2D eigenvalue weighted by Gasteiger charge is -2.49. The minimum absolute atomic E-state index is 0.118. The summed E-state index contributed by atoms with van der Waals surface area (Å²) in [5, 5.41) is 3.39. The van der Waals surface area contributed by atoms with Gasteiger partial charge in [0.15, 0.2) is 0 Å². The molecule has 1 atom stereocenters. The normalized spacial score (nSPS) is 22.3. The molecule has 0 saturated carbocycles. The second kappa shape index (κ2) is 6.59. The van der Waals surface area contributed by atoms with Crippen LogP contribution in [0.2, 0.25) is 0 Å². The van der Waals surface area contributed by atoms with Gasteiger partial charge < -0.3 is 10.2 Å². The molecule has 1 N–H and O–H groups in total. The number of benzene rings is 3. The van der Waals surface area contributed by atoms with Gasteiger partial charge in [-0.2, -0.15) is 0 Å². The van der Waals surface area contributed by atoms with E-state index in [1.807, 2.05) is 0 Å². The van der Waals surface area contributed by atoms with Crippen molar-refractivity contribution in [2.75, 3.05) is 11.4 Å². The van der Waals surface area contributed by atoms with E-state index in [0.29, 0.717) is 6.42 Å². The van der Waals surface area contributed by atoms with Crippen LogP contribution in [0.15, 0.2) is 66.7 Å². The lowest BCUT2D eigenvalue weighted by Crippen LogP contribution is -2.68. The van der Waals surface area contributed by atoms with Gasteiger partial charge in [-0.25, -0.2) is 0 Å². The molecular formula is C29H28N2O. The molecular weight excluding hydrogens is 392 g/mol. The Kier molecular flexibility index (Phi) is 3.98. The average molecular weight is 421 g/mol. The van der Waals surface area contributed by atoms with Gasteiger partial charge in [0, 0.05) is 24.1 Å². The highest BCUT2D eigenvalue weighted by atomic mass is 16.2. The van der Waals surface area contributed by atoms with Crippen molar-refractivity contribution in [3.63, 3.8) is 0 Å². The Morgan fingerprint density at radius 3 is 2.66 bits per heavy atom. The molecule has 0 bridgehead atoms. The molecule has 3 heteroatoms. The maximum absolute atomic E-state index is 12.6. The van der Waals surface area contributed by atoms with Gasteiger partial charge in [0.1, 0.15) is 5.66 Å². The maximum atomic E-state index is 12.6. The second-order valence-electron chi connectivity index (χ2n) is 9.95. The number of carbonyl (C=O) groups excluding carboxylic acids is 1. The van der Waals surface area contributed by atoms with E-state index in [1.54, 1.807) is 0 Å². The van der Waals surface area contributed by atoms with Crippen molar-refractivity contribution >= 4 is 17.7 Å². The maximum Gasteiger partial charge on any atom is 0.223 e. The van der Waals surface area contributed by atoms with Crippen LogP contribution >= 0.6 is 0 Å². The summed E-state index contributed by atoms with van der Waals surface area (Å²) in [5.41, 5.74) is 9.60. The Balaban J connectivity index is 1.42. The molecule has 1 amide bonds. The molecule has 2 aliphatic heterocycles. The SMILES string of the molecule is Cc1ccc2c(c1)C(C)(C)C1(/C=C/c3ccc4c(c3)Cc3ccccc3-4)NC(=O)CCN21. The highest BCUT2D eigenvalue weighted by Gasteiger charge is 2.57. The Labute approximate surface area is 189 Å². The van der Waals surface area contributed by atoms with Crippen molar-refractivity contribution < 1.29 is 4.79 Å². The number of fused-ring (bicyclic) bond motifs is 6. The van der Waals surface area contributed by atoms with Gasteiger partial charge in [-0.15, -0.1) is 0 Å². The van der Waals surface area contributed by atoms with Crippen molar-refractivity contribution in [1.82, 2.24) is 5.32 Å². The van der Waals surface area contributed by atoms with Crippen molar-refractivity contribution in [3.8, 4) is 11.1 Å². The van der Waals surface area contributed by atoms with E-state index in [9.17, 15) is 4.79 Å². The molecule has 3 aromatic rings. The molecule has 2 heterocycles. The van der Waals surface area contributed by atoms with Crippen molar-refractivity contribution in [2.45, 2.75) is 44.7 Å². The number of hydrogen-bond donors (Lipinski definition) is 1. The molecule has 0 aromatic heterocycles. The van der Waals surface area contributed by atoms with Gasteiger partial charge in [-0.1, -0.05) is 80.1 Å². The molecule has 6 rings (SSSR count). The first-order valence-electron chi connectivity index (χ1n) is 11.5. The number of carbonyl (C=O) groups is 1. The molecule has 1 aliphatic carbocycles. The zero-order valence-electron chi connectivity index (χ0n) is 18.9. The minimum Gasteiger partial charge on any atom is -0.344 e. The van der Waals surface area contributed by atoms with Gasteiger partial charge in [0.2, 0.25) is 5.91 Å². The second-order valence-corrected chi connectivity index (χ2v) is 9.95. The number of aryl methyl sites for hydroxylation is 1. The van der Waals surface area contributed by atoms with Gasteiger partial charge in [0.05, 0.1) is 0 Å². The third kappa shape index (κ3) is 2.57. The first-order valence-corrected chi connectivity index (χ1v) is 11.5. The molecule has 3 aromatic carbocycles. The van der Waals surface area contributed by atoms with E-state index < -0.39 is 5.66 Å². The molecule has 0 radical (unpaired) electrons. The highest BCUT2D eigenvalue weighted by molar-refractivity contribution is 5.85. The Bertz CT molecular complexity index is 1300. The standard InChI is InChI=1S/C29H28N2O/c1-19-8-11-26-25(16-19)28(2,3)29(30-27(32)13-15-31(26)29)14-12-20-9-10-24-22(17-20)18-21-6-4-5-7-23(21)24/h4-12,14,16-17H,13,15,18H2,1-3H3,(H,30,32)/b14-12+. The minimum atomic E-state index is -0.569. The van der Waals surface area contributed by atoms with Crippen LogP contribution < -0.4 is 10.2 Å². The average Bonchev–Trinajstić information content (AvgIpc) is 3.23. The number of rotatable bonds is 2. The van der Waals surface area contributed by atoms with Crippen molar-refractivity contribution in [3.05, 3.63) is 94.6 Å². The fourth-order valence-electron chi connectivity index (χ4n) is 5.95. The predicted molar refractivity (Wildman–Crippen MR) is 131 cm³/mol. The van der Waals surface area contributed by atoms with Crippen LogP contribution in [0.25, 0.3) is 17.2 Å². The summed E-state index contributed by atoms with van der Waals surface area (Å²) in [4.78, 5) is 15.0. The van der Waals surface area contributed by atoms with E-state index in [0.717, 1.165) is 13.0 Å². The van der Waals surface area contributed by atoms with E-state index in [2.05, 4.69) is 104 Å². The van der Waals surface area contributed by atoms with Crippen LogP contribution in [0.5, 0.6) is 0 Å². The molecule has 160 valence electrons. The third-order valence-corrected chi connectivity index (χ3v) is 7.72. The summed E-state index contributed by atoms with van der Waals surface area (Å²) in [6.07, 6.45) is 5.93. The van der Waals surface area contributed by atoms with E-state index in [4.69, 9.17) is 0 Å². The molecule has 0 spiro atoms. The quantitative estimate of drug-likeness (QED) is 0.458. The van der Waals surface area contributed by atoms with Gasteiger partial charge in [-0.05, 0) is 58.9 Å². The lowest BCUT2D eigenvalue weighted by atomic mass is 9.74. The summed E-state index contributed by atoms with van der Waals surface area (Å²) in [5.74, 6) is 0.118. The van der Waals surface area contributed by atoms with Gasteiger partial charge >= 0.3 is 0 Å². The third-order valence-electron chi connectivity index (χ3n) is 7.72. The summed E-state index contributed by atoms with van der Waals surface area (Å²) in [6.45, 7) is 7.37. The van der Waals surface area contributed by atoms with E-state index in [-0.39, 0.29) is 11.3 Å². The summed E-state index contributed by atoms with van der Waals surface area (Å²) in [6, 6.07) is 22.1. The fourth-order valence-corrected chi connectivity index (χ4v) is 5.95. The van der Waals surface area contributed by atoms with E-state index in [1.165, 1.54) is 44.6 Å². The molecule has 3 aliphatic rings. The molecule has 1 fully saturated rings. The predicted octanol–water partition coefficient (Wildman–Crippen LogP) is 5.59. The first kappa shape index (κ1) is 19.4. The topological polar surface area (TPSA) is 32.3 Å². The van der Waals surface area contributed by atoms with Crippen LogP contribution in [0.4, 0.5) is 5.69 Å². The molecule has 3 nitrogen and oxygen atoms in total. The zero-order valence-corrected chi connectivity index (χ0v) is 18.9. The number of anilines is 1. The smallest absolute Gasteiger partial charge is 0.223 e. The summed E-state index contributed by atoms with van der Waals surface area (Å²) < 4.78 is 0. The van der Waals surface area contributed by atoms with Crippen LogP contribution in [0.3, 0.4) is 0 Å². The molecule has 32 heavy (non-hydrogen) atoms. The zero-order chi connectivity index (χ0) is 22.1. The van der Waals surface area contributed by atoms with E-state index >= 15 is 0 Å². The highest BCUT2D eigenvalue weighted by Crippen LogP contribution is 2.52. The number of nitrogens with zero attached hydrogens (tertiary/aromatic N) is 1. The summed E-state index contributed by atoms with van der Waals surface area (Å²) >= 11 is 0. The lowest BCUT2D eigenvalue weighted by molar-refractivity contribution is -0.124. The monoisotopic (exact) mass is 420 g/mol.